The second-order valence-corrected chi connectivity index (χ2v) is 10.4. The second kappa shape index (κ2) is 20.5. The maximum atomic E-state index is 12.8. The molecule has 0 unspecified atom stereocenters. The van der Waals surface area contributed by atoms with Crippen LogP contribution < -0.4 is 0 Å². The van der Waals surface area contributed by atoms with Crippen molar-refractivity contribution in [2.24, 2.45) is 23.2 Å². The van der Waals surface area contributed by atoms with Gasteiger partial charge < -0.3 is 14.2 Å². The number of unbranched alkanes of at least 4 members (excludes halogenated alkanes) is 3. The third kappa shape index (κ3) is 13.1. The molecule has 0 aromatic heterocycles. The summed E-state index contributed by atoms with van der Waals surface area (Å²) >= 11 is 0. The smallest absolute Gasteiger partial charge is 0.308 e. The molecule has 0 aliphatic rings. The molecule has 6 nitrogen and oxygen atoms in total. The first kappa shape index (κ1) is 34.4. The Morgan fingerprint density at radius 2 is 0.806 bits per heavy atom. The van der Waals surface area contributed by atoms with E-state index in [4.69, 9.17) is 14.2 Å². The van der Waals surface area contributed by atoms with Gasteiger partial charge in [0.15, 0.2) is 0 Å². The lowest BCUT2D eigenvalue weighted by atomic mass is 9.87. The van der Waals surface area contributed by atoms with Crippen LogP contribution in [0.3, 0.4) is 0 Å². The highest BCUT2D eigenvalue weighted by atomic mass is 16.6. The third-order valence-electron chi connectivity index (χ3n) is 7.51. The van der Waals surface area contributed by atoms with E-state index in [0.29, 0.717) is 6.42 Å². The molecule has 3 atom stereocenters. The number of carbonyl (C=O) groups excluding carboxylic acids is 3. The van der Waals surface area contributed by atoms with Gasteiger partial charge in [-0.15, -0.1) is 0 Å². The van der Waals surface area contributed by atoms with E-state index in [1.165, 1.54) is 0 Å². The normalized spacial score (nSPS) is 14.1. The van der Waals surface area contributed by atoms with Gasteiger partial charge >= 0.3 is 17.9 Å². The largest absolute Gasteiger partial charge is 0.465 e. The molecule has 0 N–H and O–H groups in total. The van der Waals surface area contributed by atoms with Gasteiger partial charge in [-0.3, -0.25) is 14.4 Å². The van der Waals surface area contributed by atoms with Crippen LogP contribution in [0.1, 0.15) is 132 Å². The summed E-state index contributed by atoms with van der Waals surface area (Å²) in [7, 11) is 0. The number of ether oxygens (including phenoxy) is 3. The van der Waals surface area contributed by atoms with E-state index in [-0.39, 0.29) is 55.5 Å². The quantitative estimate of drug-likeness (QED) is 0.109. The average Bonchev–Trinajstić information content (AvgIpc) is 2.89. The lowest BCUT2D eigenvalue weighted by Gasteiger charge is -2.32. The fraction of sp³-hybridized carbons (Fsp3) is 0.900. The Hall–Kier alpha value is -1.59. The molecule has 6 heteroatoms. The first-order valence-corrected chi connectivity index (χ1v) is 14.8. The van der Waals surface area contributed by atoms with Crippen molar-refractivity contribution in [2.75, 3.05) is 19.8 Å². The average molecular weight is 513 g/mol. The summed E-state index contributed by atoms with van der Waals surface area (Å²) in [6.45, 7) is 14.5. The minimum absolute atomic E-state index is 0.0724. The second-order valence-electron chi connectivity index (χ2n) is 10.4. The highest BCUT2D eigenvalue weighted by molar-refractivity contribution is 5.73. The van der Waals surface area contributed by atoms with Crippen molar-refractivity contribution in [1.29, 1.82) is 0 Å². The summed E-state index contributed by atoms with van der Waals surface area (Å²) in [5.41, 5.74) is -0.754. The Kier molecular flexibility index (Phi) is 19.6. The molecule has 0 heterocycles. The van der Waals surface area contributed by atoms with E-state index in [2.05, 4.69) is 20.8 Å². The number of hydrogen-bond acceptors (Lipinski definition) is 6. The molecule has 0 aliphatic carbocycles. The van der Waals surface area contributed by atoms with Gasteiger partial charge in [0.05, 0.1) is 23.2 Å². The van der Waals surface area contributed by atoms with Gasteiger partial charge in [0.25, 0.3) is 0 Å². The molecule has 0 radical (unpaired) electrons. The molecular weight excluding hydrogens is 456 g/mol. The van der Waals surface area contributed by atoms with Crippen molar-refractivity contribution in [1.82, 2.24) is 0 Å². The minimum atomic E-state index is -0.754. The molecule has 0 bridgehead atoms. The molecule has 212 valence electrons. The number of hydrogen-bond donors (Lipinski definition) is 0. The van der Waals surface area contributed by atoms with Crippen LogP contribution in [0, 0.1) is 23.2 Å². The van der Waals surface area contributed by atoms with Crippen LogP contribution >= 0.6 is 0 Å². The van der Waals surface area contributed by atoms with Crippen LogP contribution in [0.4, 0.5) is 0 Å². The van der Waals surface area contributed by atoms with E-state index >= 15 is 0 Å². The van der Waals surface area contributed by atoms with Crippen molar-refractivity contribution in [2.45, 2.75) is 132 Å². The van der Waals surface area contributed by atoms with Crippen LogP contribution in [0.25, 0.3) is 0 Å². The minimum Gasteiger partial charge on any atom is -0.465 e. The molecule has 0 aliphatic heterocycles. The maximum Gasteiger partial charge on any atom is 0.308 e. The molecule has 36 heavy (non-hydrogen) atoms. The van der Waals surface area contributed by atoms with Crippen molar-refractivity contribution in [3.63, 3.8) is 0 Å². The van der Waals surface area contributed by atoms with Crippen LogP contribution in [-0.2, 0) is 28.6 Å². The third-order valence-corrected chi connectivity index (χ3v) is 7.51. The lowest BCUT2D eigenvalue weighted by molar-refractivity contribution is -0.168. The zero-order valence-corrected chi connectivity index (χ0v) is 24.5. The molecule has 0 saturated heterocycles. The van der Waals surface area contributed by atoms with Gasteiger partial charge in [-0.2, -0.15) is 0 Å². The molecule has 0 aromatic carbocycles. The Labute approximate surface area is 221 Å². The van der Waals surface area contributed by atoms with Crippen molar-refractivity contribution < 1.29 is 28.6 Å². The monoisotopic (exact) mass is 512 g/mol. The Bertz CT molecular complexity index is 523. The zero-order chi connectivity index (χ0) is 27.4. The SMILES string of the molecule is CCCC[C@@H](CC)C(=O)OCC(CC)(COC(=O)[C@H](CC)CCCC)COC(=O)[C@H](CC)CCCC. The zero-order valence-electron chi connectivity index (χ0n) is 24.5. The number of rotatable bonds is 22. The summed E-state index contributed by atoms with van der Waals surface area (Å²) in [5, 5.41) is 0. The first-order chi connectivity index (χ1) is 17.3. The number of carbonyl (C=O) groups is 3. The van der Waals surface area contributed by atoms with E-state index in [1.54, 1.807) is 0 Å². The Morgan fingerprint density at radius 3 is 1.00 bits per heavy atom. The van der Waals surface area contributed by atoms with E-state index in [9.17, 15) is 14.4 Å². The highest BCUT2D eigenvalue weighted by Gasteiger charge is 2.36. The fourth-order valence-electron chi connectivity index (χ4n) is 4.27. The topological polar surface area (TPSA) is 78.9 Å². The molecule has 0 saturated carbocycles. The Morgan fingerprint density at radius 1 is 0.528 bits per heavy atom. The molecule has 0 rings (SSSR count). The van der Waals surface area contributed by atoms with Crippen LogP contribution in [0.5, 0.6) is 0 Å². The summed E-state index contributed by atoms with van der Waals surface area (Å²) in [6, 6.07) is 0. The van der Waals surface area contributed by atoms with Gasteiger partial charge in [0.2, 0.25) is 0 Å². The lowest BCUT2D eigenvalue weighted by Crippen LogP contribution is -2.40. The van der Waals surface area contributed by atoms with Crippen molar-refractivity contribution in [3.05, 3.63) is 0 Å². The molecular formula is C30H56O6. The summed E-state index contributed by atoms with van der Waals surface area (Å²) < 4.78 is 17.4. The van der Waals surface area contributed by atoms with E-state index in [0.717, 1.165) is 77.0 Å². The fourth-order valence-corrected chi connectivity index (χ4v) is 4.27. The van der Waals surface area contributed by atoms with Gasteiger partial charge in [0, 0.05) is 0 Å². The highest BCUT2D eigenvalue weighted by Crippen LogP contribution is 2.28. The van der Waals surface area contributed by atoms with E-state index in [1.807, 2.05) is 27.7 Å². The van der Waals surface area contributed by atoms with E-state index < -0.39 is 5.41 Å². The summed E-state index contributed by atoms with van der Waals surface area (Å²) in [4.78, 5) is 38.5. The van der Waals surface area contributed by atoms with Gasteiger partial charge in [-0.25, -0.2) is 0 Å². The Balaban J connectivity index is 5.48. The molecule has 0 spiro atoms. The predicted octanol–water partition coefficient (Wildman–Crippen LogP) is 7.66. The maximum absolute atomic E-state index is 12.8. The molecule has 0 aromatic rings. The van der Waals surface area contributed by atoms with Gasteiger partial charge in [-0.05, 0) is 44.9 Å². The predicted molar refractivity (Wildman–Crippen MR) is 146 cm³/mol. The first-order valence-electron chi connectivity index (χ1n) is 14.8. The van der Waals surface area contributed by atoms with Crippen molar-refractivity contribution >= 4 is 17.9 Å². The van der Waals surface area contributed by atoms with Crippen LogP contribution in [-0.4, -0.2) is 37.7 Å². The van der Waals surface area contributed by atoms with Crippen molar-refractivity contribution in [3.8, 4) is 0 Å². The molecule has 0 amide bonds. The van der Waals surface area contributed by atoms with Gasteiger partial charge in [0.1, 0.15) is 19.8 Å². The molecule has 0 fully saturated rings. The van der Waals surface area contributed by atoms with Gasteiger partial charge in [-0.1, -0.05) is 87.0 Å². The van der Waals surface area contributed by atoms with Crippen LogP contribution in [0.2, 0.25) is 0 Å². The summed E-state index contributed by atoms with van der Waals surface area (Å²) in [6.07, 6.45) is 11.2. The standard InChI is InChI=1S/C30H56O6/c1-8-15-18-24(11-4)27(31)34-21-30(14-7,22-35-28(32)25(12-5)19-16-9-2)23-36-29(33)26(13-6)20-17-10-3/h24-26H,8-23H2,1-7H3/t24-,25-,26-/m1/s1. The number of esters is 3. The van der Waals surface area contributed by atoms with Crippen LogP contribution in [0.15, 0.2) is 0 Å². The summed E-state index contributed by atoms with van der Waals surface area (Å²) in [5.74, 6) is -1.06.